The number of carbonyl (C=O) groups excluding carboxylic acids is 2. The van der Waals surface area contributed by atoms with Gasteiger partial charge in [0.15, 0.2) is 19.5 Å². The molecule has 0 saturated heterocycles. The predicted molar refractivity (Wildman–Crippen MR) is 159 cm³/mol. The third kappa shape index (κ3) is 8.87. The Morgan fingerprint density at radius 3 is 2.25 bits per heavy atom. The van der Waals surface area contributed by atoms with E-state index >= 15 is 0 Å². The lowest BCUT2D eigenvalue weighted by Gasteiger charge is -2.37. The maximum Gasteiger partial charge on any atom is 0.338 e. The normalized spacial score (nSPS) is 13.5. The van der Waals surface area contributed by atoms with Crippen LogP contribution in [0.3, 0.4) is 0 Å². The fraction of sp³-hybridized carbons (Fsp3) is 0.462. The van der Waals surface area contributed by atoms with E-state index < -0.39 is 54.1 Å². The Kier molecular flexibility index (Phi) is 13.3. The third-order valence-corrected chi connectivity index (χ3v) is 8.52. The van der Waals surface area contributed by atoms with Crippen molar-refractivity contribution in [3.05, 3.63) is 68.8 Å². The molecule has 0 radical (unpaired) electrons. The summed E-state index contributed by atoms with van der Waals surface area (Å²) in [5.74, 6) is -0.0271. The molecule has 0 amide bonds. The molecule has 0 spiro atoms. The summed E-state index contributed by atoms with van der Waals surface area (Å²) in [6.45, 7) is 7.98. The molecular formula is C26H38N2O9SSi2. The number of nitrogens with two attached hydrogens (primary N) is 1. The number of benzene rings is 2. The number of non-ortho nitro benzene ring substituents is 1. The quantitative estimate of drug-likeness (QED) is 0.0982. The van der Waals surface area contributed by atoms with Crippen LogP contribution in [0.15, 0.2) is 36.4 Å². The minimum absolute atomic E-state index is 0.0523. The van der Waals surface area contributed by atoms with Crippen LogP contribution in [-0.2, 0) is 40.9 Å². The Morgan fingerprint density at radius 2 is 1.73 bits per heavy atom. The molecule has 2 rings (SSSR count). The lowest BCUT2D eigenvalue weighted by molar-refractivity contribution is -0.384. The average Bonchev–Trinajstić information content (AvgIpc) is 2.95. The molecule has 0 aliphatic heterocycles. The number of nitro groups is 1. The Bertz CT molecular complexity index is 1160. The molecule has 0 aromatic heterocycles. The zero-order valence-corrected chi connectivity index (χ0v) is 27.4. The van der Waals surface area contributed by atoms with E-state index in [0.29, 0.717) is 28.2 Å². The van der Waals surface area contributed by atoms with Crippen molar-refractivity contribution in [2.24, 2.45) is 5.73 Å². The number of esters is 2. The highest BCUT2D eigenvalue weighted by Crippen LogP contribution is 2.38. The molecule has 1 atom stereocenters. The number of hydrogen-bond acceptors (Lipinski definition) is 11. The van der Waals surface area contributed by atoms with Crippen LogP contribution in [0.2, 0.25) is 13.1 Å². The fourth-order valence-corrected chi connectivity index (χ4v) is 6.86. The first kappa shape index (κ1) is 33.5. The number of ether oxygens (including phenoxy) is 3. The van der Waals surface area contributed by atoms with Gasteiger partial charge in [-0.2, -0.15) is 11.8 Å². The Labute approximate surface area is 243 Å². The molecule has 11 nitrogen and oxygen atoms in total. The van der Waals surface area contributed by atoms with E-state index in [0.717, 1.165) is 5.56 Å². The Morgan fingerprint density at radius 1 is 1.10 bits per heavy atom. The summed E-state index contributed by atoms with van der Waals surface area (Å²) >= 11 is 1.39. The highest BCUT2D eigenvalue weighted by atomic mass is 32.2. The van der Waals surface area contributed by atoms with Crippen molar-refractivity contribution >= 4 is 48.9 Å². The summed E-state index contributed by atoms with van der Waals surface area (Å²) in [5, 5.41) is 10.9. The van der Waals surface area contributed by atoms with Gasteiger partial charge in [0.1, 0.15) is 24.7 Å². The van der Waals surface area contributed by atoms with Crippen molar-refractivity contribution in [3.8, 4) is 5.75 Å². The number of nitrogens with zero attached hydrogens (tertiary/aromatic N) is 1. The van der Waals surface area contributed by atoms with E-state index in [1.807, 2.05) is 33.0 Å². The summed E-state index contributed by atoms with van der Waals surface area (Å²) < 4.78 is 28.2. The molecule has 0 bridgehead atoms. The highest BCUT2D eigenvalue weighted by Gasteiger charge is 2.36. The van der Waals surface area contributed by atoms with Gasteiger partial charge in [0.2, 0.25) is 0 Å². The summed E-state index contributed by atoms with van der Waals surface area (Å²) in [5.41, 5.74) is 7.62. The van der Waals surface area contributed by atoms with Crippen LogP contribution in [-0.4, -0.2) is 68.7 Å². The van der Waals surface area contributed by atoms with Crippen molar-refractivity contribution in [2.75, 3.05) is 20.0 Å². The van der Waals surface area contributed by atoms with Gasteiger partial charge < -0.3 is 28.8 Å². The van der Waals surface area contributed by atoms with E-state index in [1.54, 1.807) is 18.2 Å². The second-order valence-corrected chi connectivity index (χ2v) is 12.2. The first-order valence-electron chi connectivity index (χ1n) is 12.8. The first-order valence-corrected chi connectivity index (χ1v) is 17.9. The van der Waals surface area contributed by atoms with Crippen molar-refractivity contribution < 1.29 is 37.6 Å². The molecule has 0 aliphatic rings. The second kappa shape index (κ2) is 15.9. The zero-order valence-electron chi connectivity index (χ0n) is 23.8. The van der Waals surface area contributed by atoms with Crippen molar-refractivity contribution in [1.82, 2.24) is 0 Å². The molecule has 0 heterocycles. The van der Waals surface area contributed by atoms with E-state index in [9.17, 15) is 19.7 Å². The van der Waals surface area contributed by atoms with Gasteiger partial charge in [-0.1, -0.05) is 26.9 Å². The number of carbonyl (C=O) groups is 2. The summed E-state index contributed by atoms with van der Waals surface area (Å²) in [6.07, 6.45) is -0.502. The van der Waals surface area contributed by atoms with Crippen LogP contribution in [0.5, 0.6) is 5.75 Å². The van der Waals surface area contributed by atoms with Crippen molar-refractivity contribution in [2.45, 2.75) is 57.0 Å². The molecule has 0 fully saturated rings. The van der Waals surface area contributed by atoms with Crippen LogP contribution in [0.4, 0.5) is 5.69 Å². The highest BCUT2D eigenvalue weighted by molar-refractivity contribution is 7.98. The third-order valence-electron chi connectivity index (χ3n) is 6.16. The van der Waals surface area contributed by atoms with Crippen LogP contribution >= 0.6 is 11.8 Å². The van der Waals surface area contributed by atoms with Crippen molar-refractivity contribution in [3.63, 3.8) is 0 Å². The van der Waals surface area contributed by atoms with Gasteiger partial charge in [-0.05, 0) is 41.0 Å². The molecule has 2 aromatic carbocycles. The molecule has 2 aromatic rings. The van der Waals surface area contributed by atoms with Gasteiger partial charge in [-0.3, -0.25) is 14.9 Å². The molecule has 0 saturated carbocycles. The van der Waals surface area contributed by atoms with Gasteiger partial charge in [0, 0.05) is 29.1 Å². The summed E-state index contributed by atoms with van der Waals surface area (Å²) in [6, 6.07) is 8.47. The number of hydrogen-bond donors (Lipinski definition) is 1. The molecule has 2 N–H and O–H groups in total. The lowest BCUT2D eigenvalue weighted by atomic mass is 9.80. The van der Waals surface area contributed by atoms with Crippen LogP contribution in [0, 0.1) is 10.1 Å². The smallest absolute Gasteiger partial charge is 0.338 e. The molecular weight excluding hydrogens is 573 g/mol. The Hall–Kier alpha value is -2.76. The number of methoxy groups -OCH3 is 2. The van der Waals surface area contributed by atoms with Crippen LogP contribution in [0.25, 0.3) is 0 Å². The van der Waals surface area contributed by atoms with Gasteiger partial charge in [-0.15, -0.1) is 0 Å². The standard InChI is InChI=1S/C26H38N2O9SSi2/c1-26(2,25(36-39-5)37-40-6)21-12-18(33-3)11-19(20(21)14-38-15-22(27)24(30)34-4)23(29)35-13-16-7-9-17(10-8-16)28(31)32/h7-12,22,25H,13-15,27,39-40H2,1-6H3. The molecule has 0 aliphatic carbocycles. The molecule has 14 heteroatoms. The van der Waals surface area contributed by atoms with E-state index in [-0.39, 0.29) is 18.0 Å². The van der Waals surface area contributed by atoms with Gasteiger partial charge in [0.25, 0.3) is 5.69 Å². The van der Waals surface area contributed by atoms with Crippen molar-refractivity contribution in [1.29, 1.82) is 0 Å². The van der Waals surface area contributed by atoms with Gasteiger partial charge in [0.05, 0.1) is 24.7 Å². The first-order chi connectivity index (χ1) is 19.0. The maximum atomic E-state index is 13.5. The minimum atomic E-state index is -0.821. The zero-order chi connectivity index (χ0) is 29.9. The lowest BCUT2D eigenvalue weighted by Crippen LogP contribution is -2.40. The van der Waals surface area contributed by atoms with Gasteiger partial charge >= 0.3 is 11.9 Å². The van der Waals surface area contributed by atoms with Crippen LogP contribution < -0.4 is 10.5 Å². The van der Waals surface area contributed by atoms with Crippen LogP contribution in [0.1, 0.15) is 40.9 Å². The number of nitro benzene ring substituents is 1. The fourth-order valence-electron chi connectivity index (χ4n) is 4.02. The summed E-state index contributed by atoms with van der Waals surface area (Å²) in [7, 11) is 1.17. The van der Waals surface area contributed by atoms with E-state index in [4.69, 9.17) is 28.8 Å². The number of thioether (sulfide) groups is 1. The van der Waals surface area contributed by atoms with E-state index in [2.05, 4.69) is 0 Å². The molecule has 40 heavy (non-hydrogen) atoms. The summed E-state index contributed by atoms with van der Waals surface area (Å²) in [4.78, 5) is 35.8. The Balaban J connectivity index is 2.50. The van der Waals surface area contributed by atoms with Gasteiger partial charge in [-0.25, -0.2) is 4.79 Å². The second-order valence-electron chi connectivity index (χ2n) is 9.31. The molecule has 1 unspecified atom stereocenters. The average molecular weight is 611 g/mol. The topological polar surface area (TPSA) is 149 Å². The number of rotatable bonds is 16. The predicted octanol–water partition coefficient (Wildman–Crippen LogP) is 2.59. The van der Waals surface area contributed by atoms with E-state index in [1.165, 1.54) is 38.1 Å². The monoisotopic (exact) mass is 610 g/mol. The largest absolute Gasteiger partial charge is 0.497 e. The molecule has 220 valence electrons. The maximum absolute atomic E-state index is 13.5. The SMILES string of the molecule is COC(=O)C(N)CSCc1c(C(=O)OCc2ccc([N+](=O)[O-])cc2)cc(OC)cc1C(C)(C)C(O[SiH2]C)O[SiH2]C. The minimum Gasteiger partial charge on any atom is -0.497 e.